The molecule has 108 valence electrons. The van der Waals surface area contributed by atoms with Crippen LogP contribution < -0.4 is 5.32 Å². The van der Waals surface area contributed by atoms with E-state index in [1.807, 2.05) is 0 Å². The highest BCUT2D eigenvalue weighted by Crippen LogP contribution is 2.11. The van der Waals surface area contributed by atoms with Crippen LogP contribution in [0.2, 0.25) is 0 Å². The average molecular weight is 273 g/mol. The quantitative estimate of drug-likeness (QED) is 0.878. The van der Waals surface area contributed by atoms with Crippen LogP contribution in [-0.4, -0.2) is 60.1 Å². The number of hydrogen-bond acceptors (Lipinski definition) is 5. The summed E-state index contributed by atoms with van der Waals surface area (Å²) in [4.78, 5) is 9.20. The van der Waals surface area contributed by atoms with Crippen LogP contribution in [0.15, 0.2) is 18.3 Å². The Morgan fingerprint density at radius 2 is 2.15 bits per heavy atom. The number of rotatable bonds is 5. The van der Waals surface area contributed by atoms with Crippen LogP contribution in [0.4, 0.5) is 5.82 Å². The smallest absolute Gasteiger partial charge is 0.143 e. The Labute approximate surface area is 121 Å². The standard InChI is InChI=1S/C15H23N5/c1-3-19-7-9-20(10-8-19)13(2)12-18-15-14(11-16)5-4-6-17-15/h4-6,13H,3,7-10,12H2,1-2H3,(H,17,18). The zero-order chi connectivity index (χ0) is 14.4. The zero-order valence-electron chi connectivity index (χ0n) is 12.3. The predicted octanol–water partition coefficient (Wildman–Crippen LogP) is 1.39. The van der Waals surface area contributed by atoms with Crippen molar-refractivity contribution >= 4 is 5.82 Å². The van der Waals surface area contributed by atoms with Gasteiger partial charge in [-0.2, -0.15) is 5.26 Å². The van der Waals surface area contributed by atoms with Crippen LogP contribution >= 0.6 is 0 Å². The number of nitrogens with zero attached hydrogens (tertiary/aromatic N) is 4. The minimum absolute atomic E-state index is 0.447. The van der Waals surface area contributed by atoms with Crippen molar-refractivity contribution < 1.29 is 0 Å². The van der Waals surface area contributed by atoms with Gasteiger partial charge in [0.25, 0.3) is 0 Å². The second-order valence-corrected chi connectivity index (χ2v) is 5.21. The second-order valence-electron chi connectivity index (χ2n) is 5.21. The van der Waals surface area contributed by atoms with E-state index in [2.05, 4.69) is 40.0 Å². The van der Waals surface area contributed by atoms with E-state index in [-0.39, 0.29) is 0 Å². The lowest BCUT2D eigenvalue weighted by molar-refractivity contribution is 0.110. The van der Waals surface area contributed by atoms with E-state index in [1.54, 1.807) is 18.3 Å². The largest absolute Gasteiger partial charge is 0.367 e. The van der Waals surface area contributed by atoms with Crippen molar-refractivity contribution in [1.82, 2.24) is 14.8 Å². The van der Waals surface area contributed by atoms with Gasteiger partial charge in [-0.05, 0) is 25.6 Å². The van der Waals surface area contributed by atoms with Gasteiger partial charge >= 0.3 is 0 Å². The lowest BCUT2D eigenvalue weighted by atomic mass is 10.2. The minimum atomic E-state index is 0.447. The summed E-state index contributed by atoms with van der Waals surface area (Å²) in [5.74, 6) is 0.689. The molecule has 0 amide bonds. The van der Waals surface area contributed by atoms with Crippen molar-refractivity contribution in [1.29, 1.82) is 5.26 Å². The minimum Gasteiger partial charge on any atom is -0.367 e. The number of aromatic nitrogens is 1. The average Bonchev–Trinajstić information content (AvgIpc) is 2.53. The SMILES string of the molecule is CCN1CCN(C(C)CNc2ncccc2C#N)CC1. The molecule has 5 heteroatoms. The van der Waals surface area contributed by atoms with Crippen LogP contribution in [-0.2, 0) is 0 Å². The van der Waals surface area contributed by atoms with Crippen molar-refractivity contribution in [2.45, 2.75) is 19.9 Å². The number of nitrogens with one attached hydrogen (secondary N) is 1. The first-order valence-electron chi connectivity index (χ1n) is 7.30. The molecule has 0 aromatic carbocycles. The topological polar surface area (TPSA) is 55.2 Å². The van der Waals surface area contributed by atoms with Crippen LogP contribution in [0.1, 0.15) is 19.4 Å². The maximum absolute atomic E-state index is 9.04. The molecule has 1 aliphatic heterocycles. The highest BCUT2D eigenvalue weighted by molar-refractivity contribution is 5.51. The van der Waals surface area contributed by atoms with Crippen molar-refractivity contribution in [2.24, 2.45) is 0 Å². The van der Waals surface area contributed by atoms with Gasteiger partial charge in [0, 0.05) is 45.0 Å². The normalized spacial score (nSPS) is 18.4. The van der Waals surface area contributed by atoms with Gasteiger partial charge in [0.1, 0.15) is 11.9 Å². The fourth-order valence-corrected chi connectivity index (χ4v) is 2.53. The molecular formula is C15H23N5. The molecule has 1 aliphatic rings. The van der Waals surface area contributed by atoms with Crippen LogP contribution in [0, 0.1) is 11.3 Å². The van der Waals surface area contributed by atoms with Crippen molar-refractivity contribution in [3.8, 4) is 6.07 Å². The molecule has 1 fully saturated rings. The van der Waals surface area contributed by atoms with E-state index in [1.165, 1.54) is 0 Å². The van der Waals surface area contributed by atoms with Gasteiger partial charge < -0.3 is 10.2 Å². The summed E-state index contributed by atoms with van der Waals surface area (Å²) in [6, 6.07) is 6.19. The molecule has 0 aliphatic carbocycles. The summed E-state index contributed by atoms with van der Waals surface area (Å²) in [5, 5.41) is 12.3. The molecule has 0 bridgehead atoms. The highest BCUT2D eigenvalue weighted by Gasteiger charge is 2.20. The first-order valence-corrected chi connectivity index (χ1v) is 7.30. The van der Waals surface area contributed by atoms with Gasteiger partial charge in [-0.1, -0.05) is 6.92 Å². The summed E-state index contributed by atoms with van der Waals surface area (Å²) >= 11 is 0. The van der Waals surface area contributed by atoms with Crippen molar-refractivity contribution in [2.75, 3.05) is 44.6 Å². The molecule has 1 atom stereocenters. The predicted molar refractivity (Wildman–Crippen MR) is 80.6 cm³/mol. The van der Waals surface area contributed by atoms with Gasteiger partial charge in [0.2, 0.25) is 0 Å². The highest BCUT2D eigenvalue weighted by atomic mass is 15.3. The Hall–Kier alpha value is -1.64. The number of pyridine rings is 1. The van der Waals surface area contributed by atoms with Gasteiger partial charge in [-0.3, -0.25) is 4.90 Å². The van der Waals surface area contributed by atoms with Crippen molar-refractivity contribution in [3.05, 3.63) is 23.9 Å². The van der Waals surface area contributed by atoms with Crippen molar-refractivity contribution in [3.63, 3.8) is 0 Å². The van der Waals surface area contributed by atoms with E-state index < -0.39 is 0 Å². The third-order valence-corrected chi connectivity index (χ3v) is 3.97. The first kappa shape index (κ1) is 14.8. The summed E-state index contributed by atoms with van der Waals surface area (Å²) in [6.45, 7) is 10.9. The summed E-state index contributed by atoms with van der Waals surface area (Å²) in [5.41, 5.74) is 0.607. The summed E-state index contributed by atoms with van der Waals surface area (Å²) in [7, 11) is 0. The Morgan fingerprint density at radius 3 is 2.80 bits per heavy atom. The second kappa shape index (κ2) is 7.22. The molecule has 0 saturated carbocycles. The maximum atomic E-state index is 9.04. The lowest BCUT2D eigenvalue weighted by Gasteiger charge is -2.37. The fourth-order valence-electron chi connectivity index (χ4n) is 2.53. The Morgan fingerprint density at radius 1 is 1.40 bits per heavy atom. The van der Waals surface area contributed by atoms with E-state index in [9.17, 15) is 0 Å². The molecule has 1 unspecified atom stereocenters. The zero-order valence-corrected chi connectivity index (χ0v) is 12.3. The Bertz CT molecular complexity index is 460. The van der Waals surface area contributed by atoms with E-state index in [0.29, 0.717) is 17.4 Å². The number of likely N-dealkylation sites (N-methyl/N-ethyl adjacent to an activating group) is 1. The Kier molecular flexibility index (Phi) is 5.33. The van der Waals surface area contributed by atoms with Crippen LogP contribution in [0.25, 0.3) is 0 Å². The molecule has 5 nitrogen and oxygen atoms in total. The fraction of sp³-hybridized carbons (Fsp3) is 0.600. The number of hydrogen-bond donors (Lipinski definition) is 1. The molecule has 1 N–H and O–H groups in total. The molecule has 2 heterocycles. The van der Waals surface area contributed by atoms with E-state index in [0.717, 1.165) is 39.3 Å². The molecule has 0 radical (unpaired) electrons. The maximum Gasteiger partial charge on any atom is 0.143 e. The monoisotopic (exact) mass is 273 g/mol. The number of anilines is 1. The van der Waals surface area contributed by atoms with Gasteiger partial charge in [-0.25, -0.2) is 4.98 Å². The third kappa shape index (κ3) is 3.69. The van der Waals surface area contributed by atoms with Gasteiger partial charge in [0.15, 0.2) is 0 Å². The summed E-state index contributed by atoms with van der Waals surface area (Å²) < 4.78 is 0. The molecule has 1 aromatic rings. The molecule has 1 saturated heterocycles. The van der Waals surface area contributed by atoms with E-state index >= 15 is 0 Å². The van der Waals surface area contributed by atoms with Gasteiger partial charge in [-0.15, -0.1) is 0 Å². The lowest BCUT2D eigenvalue weighted by Crippen LogP contribution is -2.51. The molecule has 0 spiro atoms. The first-order chi connectivity index (χ1) is 9.74. The Balaban J connectivity index is 1.83. The molecule has 20 heavy (non-hydrogen) atoms. The van der Waals surface area contributed by atoms with Crippen LogP contribution in [0.5, 0.6) is 0 Å². The summed E-state index contributed by atoms with van der Waals surface area (Å²) in [6.07, 6.45) is 1.72. The molecule has 2 rings (SSSR count). The van der Waals surface area contributed by atoms with E-state index in [4.69, 9.17) is 5.26 Å². The number of nitriles is 1. The molecule has 1 aromatic heterocycles. The van der Waals surface area contributed by atoms with Crippen LogP contribution in [0.3, 0.4) is 0 Å². The number of piperazine rings is 1. The third-order valence-electron chi connectivity index (χ3n) is 3.97. The van der Waals surface area contributed by atoms with Gasteiger partial charge in [0.05, 0.1) is 5.56 Å². The molecular weight excluding hydrogens is 250 g/mol.